The van der Waals surface area contributed by atoms with Crippen LogP contribution < -0.4 is 71.3 Å². The number of fused-ring (bicyclic) bond motifs is 5. The van der Waals surface area contributed by atoms with E-state index in [0.29, 0.717) is 181 Å². The highest BCUT2D eigenvalue weighted by Crippen LogP contribution is 2.40. The largest absolute Gasteiger partial charge is 0.504 e. The second-order valence-corrected chi connectivity index (χ2v) is 22.4. The van der Waals surface area contributed by atoms with Crippen molar-refractivity contribution in [1.29, 1.82) is 0 Å². The number of esters is 5. The molecule has 0 aliphatic heterocycles. The van der Waals surface area contributed by atoms with E-state index in [1.165, 1.54) is 44.2 Å². The van der Waals surface area contributed by atoms with E-state index in [2.05, 4.69) is 24.9 Å². The molecule has 30 nitrogen and oxygen atoms in total. The van der Waals surface area contributed by atoms with Gasteiger partial charge in [-0.3, -0.25) is 24.9 Å². The number of hydrogen-bond donors (Lipinski definition) is 6. The number of rotatable bonds is 28. The molecule has 0 spiro atoms. The number of ether oxygens (including phenoxy) is 14. The number of aromatic nitrogens is 5. The van der Waals surface area contributed by atoms with Gasteiger partial charge in [-0.2, -0.15) is 0 Å². The summed E-state index contributed by atoms with van der Waals surface area (Å²) >= 11 is 0. The van der Waals surface area contributed by atoms with Gasteiger partial charge in [-0.1, -0.05) is 6.92 Å². The minimum atomic E-state index is -0.471. The molecule has 0 bridgehead atoms. The van der Waals surface area contributed by atoms with Crippen molar-refractivity contribution in [2.45, 2.75) is 94.5 Å². The number of hydrogen-bond acceptors (Lipinski definition) is 30. The lowest BCUT2D eigenvalue weighted by atomic mass is 10.0. The van der Waals surface area contributed by atoms with Crippen molar-refractivity contribution in [3.05, 3.63) is 148 Å². The zero-order valence-electron chi connectivity index (χ0n) is 67.5. The summed E-state index contributed by atoms with van der Waals surface area (Å²) in [5.74, 6) is 2.64. The molecule has 10 aromatic rings. The monoisotopic (exact) mass is 1850 g/mol. The molecule has 0 aliphatic carbocycles. The third-order valence-electron chi connectivity index (χ3n) is 16.0. The second kappa shape index (κ2) is 59.8. The van der Waals surface area contributed by atoms with E-state index in [9.17, 15) is 29.1 Å². The van der Waals surface area contributed by atoms with Crippen LogP contribution in [-0.4, -0.2) is 155 Å². The highest BCUT2D eigenvalue weighted by atomic mass is 35.5. The van der Waals surface area contributed by atoms with Crippen molar-refractivity contribution < 1.29 is 95.4 Å². The Kier molecular flexibility index (Phi) is 59.7. The number of aromatic hydroxyl groups is 1. The van der Waals surface area contributed by atoms with Crippen LogP contribution in [0.5, 0.6) is 57.5 Å². The van der Waals surface area contributed by atoms with Gasteiger partial charge in [0.1, 0.15) is 0 Å². The summed E-state index contributed by atoms with van der Waals surface area (Å²) in [7, 11) is 9.21. The minimum Gasteiger partial charge on any atom is -0.504 e. The van der Waals surface area contributed by atoms with Crippen LogP contribution in [0.4, 0.5) is 0 Å². The number of pyridine rings is 5. The van der Waals surface area contributed by atoms with Gasteiger partial charge in [0.15, 0.2) is 57.5 Å². The lowest BCUT2D eigenvalue weighted by molar-refractivity contribution is 0.0518. The van der Waals surface area contributed by atoms with Gasteiger partial charge >= 0.3 is 29.8 Å². The van der Waals surface area contributed by atoms with E-state index in [1.54, 1.807) is 119 Å². The Morgan fingerprint density at radius 3 is 0.661 bits per heavy atom. The molecule has 0 amide bonds. The number of phenols is 1. The Bertz CT molecular complexity index is 4820. The average molecular weight is 1860 g/mol. The molecule has 40 heteroatoms. The minimum absolute atomic E-state index is 0. The third-order valence-corrected chi connectivity index (χ3v) is 16.0. The topological polar surface area (TPSA) is 429 Å². The molecule has 5 aromatic carbocycles. The number of carbonyl (C=O) groups is 5. The van der Waals surface area contributed by atoms with Crippen molar-refractivity contribution in [3.8, 4) is 57.5 Å². The number of methoxy groups -OCH3 is 6. The number of nitrogens with zero attached hydrogens (tertiary/aromatic N) is 5. The molecular formula is C78H106Cl10N10O20. The highest BCUT2D eigenvalue weighted by molar-refractivity contribution is 6.10. The molecular weight excluding hydrogens is 1750 g/mol. The average Bonchev–Trinajstić information content (AvgIpc) is 0.793. The third kappa shape index (κ3) is 29.3. The van der Waals surface area contributed by atoms with E-state index in [0.717, 1.165) is 28.0 Å². The quantitative estimate of drug-likeness (QED) is 0.0196. The Hall–Kier alpha value is -8.80. The van der Waals surface area contributed by atoms with Gasteiger partial charge in [-0.05, 0) is 116 Å². The molecule has 0 atom stereocenters. The van der Waals surface area contributed by atoms with E-state index < -0.39 is 29.8 Å². The summed E-state index contributed by atoms with van der Waals surface area (Å²) in [6.07, 6.45) is 8.26. The van der Waals surface area contributed by atoms with E-state index >= 15 is 0 Å². The number of nitrogens with two attached hydrogens (primary N) is 5. The van der Waals surface area contributed by atoms with Crippen LogP contribution in [0.2, 0.25) is 0 Å². The molecule has 10 rings (SSSR count). The number of halogens is 10. The van der Waals surface area contributed by atoms with Crippen LogP contribution in [0.1, 0.15) is 142 Å². The van der Waals surface area contributed by atoms with Crippen LogP contribution >= 0.6 is 124 Å². The van der Waals surface area contributed by atoms with Crippen LogP contribution in [0, 0.1) is 0 Å². The SMILES string of the molecule is CCCOc1cc2c(CN)ncc(C(=O)OCC)c2cc1OC.CCOC(=O)c1cnc(CN)c2cc(O)c(OC)cc12.CCOC(=O)c1cnc(CN)c2cc(OC)c(OC)cc12.CCOC(=O)c1cnc(CN)c2cc(OC)c(OCC)cc12.CCOC(=O)c1cnc(CN)c2cc(OCC)c(OC)cc12.Cl.Cl.Cl.Cl.Cl.Cl.Cl.Cl.Cl.Cl. The zero-order valence-corrected chi connectivity index (χ0v) is 75.6. The van der Waals surface area contributed by atoms with Crippen molar-refractivity contribution in [1.82, 2.24) is 24.9 Å². The van der Waals surface area contributed by atoms with Crippen LogP contribution in [0.15, 0.2) is 91.6 Å². The van der Waals surface area contributed by atoms with Gasteiger partial charge in [0, 0.05) is 118 Å². The number of benzene rings is 5. The van der Waals surface area contributed by atoms with Crippen LogP contribution in [0.25, 0.3) is 53.9 Å². The molecule has 0 unspecified atom stereocenters. The molecule has 11 N–H and O–H groups in total. The maximum Gasteiger partial charge on any atom is 0.340 e. The van der Waals surface area contributed by atoms with E-state index in [1.807, 2.05) is 26.8 Å². The first kappa shape index (κ1) is 118. The fourth-order valence-electron chi connectivity index (χ4n) is 11.0. The predicted octanol–water partition coefficient (Wildman–Crippen LogP) is 14.9. The molecule has 118 heavy (non-hydrogen) atoms. The summed E-state index contributed by atoms with van der Waals surface area (Å²) in [6.45, 7) is 18.8. The fourth-order valence-corrected chi connectivity index (χ4v) is 11.0. The first-order chi connectivity index (χ1) is 52.2. The van der Waals surface area contributed by atoms with E-state index in [4.69, 9.17) is 95.0 Å². The van der Waals surface area contributed by atoms with Gasteiger partial charge in [0.25, 0.3) is 0 Å². The van der Waals surface area contributed by atoms with Crippen molar-refractivity contribution >= 4 is 208 Å². The lowest BCUT2D eigenvalue weighted by Crippen LogP contribution is -2.09. The van der Waals surface area contributed by atoms with Crippen molar-refractivity contribution in [2.75, 3.05) is 95.5 Å². The van der Waals surface area contributed by atoms with Crippen LogP contribution in [0.3, 0.4) is 0 Å². The summed E-state index contributed by atoms with van der Waals surface area (Å²) in [6, 6.07) is 17.3. The van der Waals surface area contributed by atoms with Gasteiger partial charge in [0.2, 0.25) is 0 Å². The Labute approximate surface area is 747 Å². The summed E-state index contributed by atoms with van der Waals surface area (Å²) < 4.78 is 73.9. The molecule has 0 fully saturated rings. The number of carbonyl (C=O) groups excluding carboxylic acids is 5. The molecule has 0 saturated carbocycles. The van der Waals surface area contributed by atoms with Gasteiger partial charge in [-0.25, -0.2) is 24.0 Å². The smallest absolute Gasteiger partial charge is 0.340 e. The van der Waals surface area contributed by atoms with Crippen molar-refractivity contribution in [2.24, 2.45) is 28.7 Å². The standard InChI is InChI=1S/C17H22N2O4.2C16H20N2O4.C15H18N2O4.C14H16N2O4.10ClH/c1-4-6-23-16-8-12-11(7-15(16)21-3)13(17(20)22-5-2)10-19-14(12)9-18;1-4-21-15-6-10-11(7-14(15)20-3)13(8-17)18-9-12(10)16(19)22-5-2;1-4-21-15-7-11-10(6-14(15)20-3)12(16(19)22-5-2)9-18-13(11)8-17;1-4-21-15(18)11-8-17-12(7-16)10-6-14(20-3)13(19-2)5-9(10)11;1-3-20-14(18)10-7-16-11(6-15)9-4-12(17)13(19-2)5-8(9)10;;;;;;;;;;/h7-8,10H,4-6,9,18H2,1-3H3;2*6-7,9H,4-5,8,17H2,1-3H3;5-6,8H,4,7,16H2,1-3H3;4-5,7,17H,3,6,15H2,1-2H3;10*1H. The van der Waals surface area contributed by atoms with Gasteiger partial charge < -0.3 is 100 Å². The maximum atomic E-state index is 12.1. The van der Waals surface area contributed by atoms with Gasteiger partial charge in [-0.15, -0.1) is 124 Å². The molecule has 5 aromatic heterocycles. The fraction of sp³-hybridized carbons (Fsp3) is 0.359. The van der Waals surface area contributed by atoms with Crippen molar-refractivity contribution in [3.63, 3.8) is 0 Å². The maximum absolute atomic E-state index is 12.1. The van der Waals surface area contributed by atoms with E-state index in [-0.39, 0.29) is 175 Å². The summed E-state index contributed by atoms with van der Waals surface area (Å²) in [4.78, 5) is 81.6. The Balaban J connectivity index is -0.000000442. The number of phenolic OH excluding ortho intramolecular Hbond substituents is 1. The Morgan fingerprint density at radius 1 is 0.271 bits per heavy atom. The molecule has 5 heterocycles. The normalized spacial score (nSPS) is 9.65. The highest BCUT2D eigenvalue weighted by Gasteiger charge is 2.24. The first-order valence-electron chi connectivity index (χ1n) is 34.7. The molecule has 658 valence electrons. The first-order valence-corrected chi connectivity index (χ1v) is 34.7. The molecule has 0 radical (unpaired) electrons. The predicted molar refractivity (Wildman–Crippen MR) is 480 cm³/mol. The lowest BCUT2D eigenvalue weighted by Gasteiger charge is -2.14. The summed E-state index contributed by atoms with van der Waals surface area (Å²) in [5, 5.41) is 16.8. The second-order valence-electron chi connectivity index (χ2n) is 22.4. The van der Waals surface area contributed by atoms with Crippen LogP contribution in [-0.2, 0) is 56.4 Å². The Morgan fingerprint density at radius 2 is 0.458 bits per heavy atom. The molecule has 0 saturated heterocycles. The zero-order chi connectivity index (χ0) is 79.1. The summed E-state index contributed by atoms with van der Waals surface area (Å²) in [5.41, 5.74) is 33.8. The molecule has 0 aliphatic rings. The van der Waals surface area contributed by atoms with Gasteiger partial charge in [0.05, 0.1) is 152 Å².